The van der Waals surface area contributed by atoms with Gasteiger partial charge in [-0.25, -0.2) is 0 Å². The normalized spacial score (nSPS) is 10.2. The van der Waals surface area contributed by atoms with Gasteiger partial charge < -0.3 is 15.8 Å². The van der Waals surface area contributed by atoms with E-state index in [4.69, 9.17) is 22.1 Å². The third kappa shape index (κ3) is 4.48. The fourth-order valence-corrected chi connectivity index (χ4v) is 2.11. The van der Waals surface area contributed by atoms with Gasteiger partial charge in [0.25, 0.3) is 5.91 Å². The smallest absolute Gasteiger partial charge is 0.262 e. The number of anilines is 1. The number of carbonyl (C=O) groups is 1. The van der Waals surface area contributed by atoms with Gasteiger partial charge in [0.1, 0.15) is 5.75 Å². The summed E-state index contributed by atoms with van der Waals surface area (Å²) in [5, 5.41) is 3.37. The molecular weight excluding hydrogens is 288 g/mol. The Labute approximate surface area is 128 Å². The molecule has 0 radical (unpaired) electrons. The third-order valence-corrected chi connectivity index (χ3v) is 3.14. The number of hydrogen-bond donors (Lipinski definition) is 2. The minimum atomic E-state index is -0.224. The van der Waals surface area contributed by atoms with Crippen LogP contribution >= 0.6 is 11.6 Å². The van der Waals surface area contributed by atoms with Gasteiger partial charge in [0, 0.05) is 22.8 Å². The molecule has 0 atom stereocenters. The summed E-state index contributed by atoms with van der Waals surface area (Å²) < 4.78 is 5.50. The predicted octanol–water partition coefficient (Wildman–Crippen LogP) is 3.12. The van der Waals surface area contributed by atoms with Crippen molar-refractivity contribution in [1.82, 2.24) is 0 Å². The van der Waals surface area contributed by atoms with Crippen molar-refractivity contribution in [3.8, 4) is 5.75 Å². The Morgan fingerprint density at radius 3 is 2.81 bits per heavy atom. The Morgan fingerprint density at radius 1 is 1.29 bits per heavy atom. The summed E-state index contributed by atoms with van der Waals surface area (Å²) in [7, 11) is 0. The summed E-state index contributed by atoms with van der Waals surface area (Å²) in [5.74, 6) is 0.347. The molecule has 0 heterocycles. The van der Waals surface area contributed by atoms with E-state index in [1.54, 1.807) is 18.2 Å². The van der Waals surface area contributed by atoms with Gasteiger partial charge in [0.2, 0.25) is 0 Å². The summed E-state index contributed by atoms with van der Waals surface area (Å²) in [4.78, 5) is 11.9. The molecule has 2 rings (SSSR count). The topological polar surface area (TPSA) is 64.3 Å². The average Bonchev–Trinajstić information content (AvgIpc) is 2.45. The van der Waals surface area contributed by atoms with Gasteiger partial charge in [-0.1, -0.05) is 23.7 Å². The average molecular weight is 305 g/mol. The molecule has 1 amide bonds. The first-order valence-corrected chi connectivity index (χ1v) is 6.94. The number of nitrogens with one attached hydrogen (secondary N) is 1. The van der Waals surface area contributed by atoms with E-state index in [0.717, 1.165) is 16.8 Å². The maximum atomic E-state index is 11.9. The van der Waals surface area contributed by atoms with Crippen molar-refractivity contribution in [3.63, 3.8) is 0 Å². The first-order valence-electron chi connectivity index (χ1n) is 6.56. The number of ether oxygens (including phenoxy) is 1. The van der Waals surface area contributed by atoms with Crippen LogP contribution in [-0.2, 0) is 11.3 Å². The molecule has 0 unspecified atom stereocenters. The van der Waals surface area contributed by atoms with Crippen molar-refractivity contribution in [1.29, 1.82) is 0 Å². The molecule has 3 N–H and O–H groups in total. The lowest BCUT2D eigenvalue weighted by atomic mass is 10.2. The van der Waals surface area contributed by atoms with Gasteiger partial charge in [-0.2, -0.15) is 0 Å². The van der Waals surface area contributed by atoms with Crippen LogP contribution in [-0.4, -0.2) is 12.5 Å². The Bertz CT molecular complexity index is 644. The van der Waals surface area contributed by atoms with Crippen molar-refractivity contribution >= 4 is 23.2 Å². The second kappa shape index (κ2) is 7.11. The second-order valence-corrected chi connectivity index (χ2v) is 5.10. The van der Waals surface area contributed by atoms with E-state index >= 15 is 0 Å². The summed E-state index contributed by atoms with van der Waals surface area (Å²) in [6.07, 6.45) is 0. The van der Waals surface area contributed by atoms with Gasteiger partial charge >= 0.3 is 0 Å². The number of rotatable bonds is 5. The molecule has 0 aliphatic carbocycles. The zero-order valence-corrected chi connectivity index (χ0v) is 12.5. The number of aryl methyl sites for hydroxylation is 1. The largest absolute Gasteiger partial charge is 0.483 e. The number of nitrogens with two attached hydrogens (primary N) is 1. The first kappa shape index (κ1) is 15.4. The molecule has 0 aliphatic heterocycles. The molecule has 2 aromatic rings. The quantitative estimate of drug-likeness (QED) is 0.892. The molecule has 0 saturated carbocycles. The van der Waals surface area contributed by atoms with E-state index < -0.39 is 0 Å². The van der Waals surface area contributed by atoms with Crippen LogP contribution in [0.4, 0.5) is 5.69 Å². The fraction of sp³-hybridized carbons (Fsp3) is 0.188. The van der Waals surface area contributed by atoms with Crippen LogP contribution in [0.3, 0.4) is 0 Å². The molecule has 2 aromatic carbocycles. The number of amides is 1. The third-order valence-electron chi connectivity index (χ3n) is 2.90. The minimum absolute atomic E-state index is 0.0808. The van der Waals surface area contributed by atoms with Gasteiger partial charge in [0.15, 0.2) is 6.61 Å². The number of hydrogen-bond acceptors (Lipinski definition) is 3. The van der Waals surface area contributed by atoms with Crippen molar-refractivity contribution in [2.75, 3.05) is 11.9 Å². The highest BCUT2D eigenvalue weighted by atomic mass is 35.5. The summed E-state index contributed by atoms with van der Waals surface area (Å²) >= 11 is 5.89. The molecule has 0 aliphatic rings. The molecule has 0 spiro atoms. The molecule has 110 valence electrons. The highest BCUT2D eigenvalue weighted by molar-refractivity contribution is 6.30. The maximum absolute atomic E-state index is 11.9. The van der Waals surface area contributed by atoms with Crippen LogP contribution in [0.25, 0.3) is 0 Å². The van der Waals surface area contributed by atoms with Crippen LogP contribution in [0.1, 0.15) is 11.1 Å². The summed E-state index contributed by atoms with van der Waals surface area (Å²) in [6.45, 7) is 2.19. The lowest BCUT2D eigenvalue weighted by Crippen LogP contribution is -2.20. The minimum Gasteiger partial charge on any atom is -0.483 e. The van der Waals surface area contributed by atoms with Crippen LogP contribution in [0.2, 0.25) is 5.02 Å². The van der Waals surface area contributed by atoms with E-state index in [0.29, 0.717) is 17.3 Å². The summed E-state index contributed by atoms with van der Waals surface area (Å²) in [5.41, 5.74) is 8.23. The molecule has 0 aromatic heterocycles. The van der Waals surface area contributed by atoms with Crippen molar-refractivity contribution in [3.05, 3.63) is 58.6 Å². The summed E-state index contributed by atoms with van der Waals surface area (Å²) in [6, 6.07) is 12.7. The molecule has 5 heteroatoms. The van der Waals surface area contributed by atoms with Gasteiger partial charge in [0.05, 0.1) is 0 Å². The molecule has 0 saturated heterocycles. The Kier molecular flexibility index (Phi) is 5.20. The van der Waals surface area contributed by atoms with E-state index in [-0.39, 0.29) is 12.5 Å². The lowest BCUT2D eigenvalue weighted by molar-refractivity contribution is -0.118. The van der Waals surface area contributed by atoms with Crippen LogP contribution in [0.5, 0.6) is 5.75 Å². The van der Waals surface area contributed by atoms with Crippen LogP contribution < -0.4 is 15.8 Å². The van der Waals surface area contributed by atoms with E-state index in [9.17, 15) is 4.79 Å². The van der Waals surface area contributed by atoms with Crippen LogP contribution in [0, 0.1) is 6.92 Å². The highest BCUT2D eigenvalue weighted by Crippen LogP contribution is 2.22. The van der Waals surface area contributed by atoms with Gasteiger partial charge in [-0.3, -0.25) is 4.79 Å². The second-order valence-electron chi connectivity index (χ2n) is 4.66. The van der Waals surface area contributed by atoms with Gasteiger partial charge in [-0.15, -0.1) is 0 Å². The maximum Gasteiger partial charge on any atom is 0.262 e. The highest BCUT2D eigenvalue weighted by Gasteiger charge is 2.07. The molecule has 21 heavy (non-hydrogen) atoms. The molecular formula is C16H17ClN2O2. The van der Waals surface area contributed by atoms with E-state index in [1.807, 2.05) is 31.2 Å². The standard InChI is InChI=1S/C16H17ClN2O2/c1-11-3-2-4-14(7-11)19-16(20)10-21-15-6-5-13(17)8-12(15)9-18/h2-8H,9-10,18H2,1H3,(H,19,20). The monoisotopic (exact) mass is 304 g/mol. The lowest BCUT2D eigenvalue weighted by Gasteiger charge is -2.11. The predicted molar refractivity (Wildman–Crippen MR) is 84.6 cm³/mol. The Morgan fingerprint density at radius 2 is 2.10 bits per heavy atom. The van der Waals surface area contributed by atoms with Crippen molar-refractivity contribution < 1.29 is 9.53 Å². The fourth-order valence-electron chi connectivity index (χ4n) is 1.91. The molecule has 4 nitrogen and oxygen atoms in total. The number of carbonyl (C=O) groups excluding carboxylic acids is 1. The van der Waals surface area contributed by atoms with Crippen molar-refractivity contribution in [2.45, 2.75) is 13.5 Å². The zero-order chi connectivity index (χ0) is 15.2. The number of benzene rings is 2. The van der Waals surface area contributed by atoms with E-state index in [2.05, 4.69) is 5.32 Å². The SMILES string of the molecule is Cc1cccc(NC(=O)COc2ccc(Cl)cc2CN)c1. The van der Waals surface area contributed by atoms with Gasteiger partial charge in [-0.05, 0) is 42.8 Å². The number of halogens is 1. The first-order chi connectivity index (χ1) is 10.1. The van der Waals surface area contributed by atoms with E-state index in [1.165, 1.54) is 0 Å². The zero-order valence-electron chi connectivity index (χ0n) is 11.7. The van der Waals surface area contributed by atoms with Crippen molar-refractivity contribution in [2.24, 2.45) is 5.73 Å². The Hall–Kier alpha value is -2.04. The molecule has 0 fully saturated rings. The Balaban J connectivity index is 1.95. The molecule has 0 bridgehead atoms. The van der Waals surface area contributed by atoms with Crippen LogP contribution in [0.15, 0.2) is 42.5 Å².